The topological polar surface area (TPSA) is 189 Å². The lowest BCUT2D eigenvalue weighted by Gasteiger charge is -2.30. The van der Waals surface area contributed by atoms with E-state index in [1.165, 1.54) is 19.5 Å². The molecule has 1 aromatic carbocycles. The number of hydroxylamine groups is 1. The summed E-state index contributed by atoms with van der Waals surface area (Å²) in [4.78, 5) is 49.3. The maximum atomic E-state index is 12.5. The lowest BCUT2D eigenvalue weighted by Crippen LogP contribution is -2.37. The molecule has 2 aromatic rings. The number of ether oxygens (including phenoxy) is 1. The van der Waals surface area contributed by atoms with Crippen molar-refractivity contribution in [1.29, 1.82) is 0 Å². The number of aliphatic imine (C=N–C) groups is 3. The average molecular weight is 613 g/mol. The Morgan fingerprint density at radius 3 is 2.48 bits per heavy atom. The number of nitrogens with zero attached hydrogens (tertiary/aromatic N) is 7. The summed E-state index contributed by atoms with van der Waals surface area (Å²) < 4.78 is 5.51. The number of allylic oxidation sites excluding steroid dienone is 1. The van der Waals surface area contributed by atoms with E-state index in [0.717, 1.165) is 0 Å². The summed E-state index contributed by atoms with van der Waals surface area (Å²) in [5.74, 6) is 1.29. The van der Waals surface area contributed by atoms with E-state index in [1.807, 2.05) is 32.1 Å². The summed E-state index contributed by atoms with van der Waals surface area (Å²) in [6, 6.07) is 6.99. The molecule has 0 radical (unpaired) electrons. The first-order valence-electron chi connectivity index (χ1n) is 13.8. The van der Waals surface area contributed by atoms with Crippen LogP contribution in [0.1, 0.15) is 10.4 Å². The highest BCUT2D eigenvalue weighted by Gasteiger charge is 2.23. The second-order valence-corrected chi connectivity index (χ2v) is 8.97. The predicted molar refractivity (Wildman–Crippen MR) is 175 cm³/mol. The molecule has 15 nitrogen and oxygen atoms in total. The van der Waals surface area contributed by atoms with Crippen LogP contribution in [-0.4, -0.2) is 133 Å². The fourth-order valence-electron chi connectivity index (χ4n) is 3.72. The highest BCUT2D eigenvalue weighted by molar-refractivity contribution is 6.01. The zero-order valence-corrected chi connectivity index (χ0v) is 25.9. The molecular weight excluding hydrogens is 568 g/mol. The van der Waals surface area contributed by atoms with Crippen molar-refractivity contribution in [2.75, 3.05) is 90.5 Å². The molecule has 0 unspecified atom stereocenters. The van der Waals surface area contributed by atoms with Gasteiger partial charge in [-0.05, 0) is 39.7 Å². The molecule has 5 N–H and O–H groups in total. The molecule has 1 aliphatic rings. The van der Waals surface area contributed by atoms with E-state index in [1.54, 1.807) is 23.7 Å². The summed E-state index contributed by atoms with van der Waals surface area (Å²) in [5.41, 5.74) is 3.68. The molecule has 1 aromatic heterocycles. The van der Waals surface area contributed by atoms with Crippen LogP contribution in [0.15, 0.2) is 51.0 Å². The molecule has 1 aliphatic heterocycles. The average Bonchev–Trinajstić information content (AvgIpc) is 3.05. The van der Waals surface area contributed by atoms with Crippen molar-refractivity contribution < 1.29 is 24.6 Å². The van der Waals surface area contributed by atoms with Crippen LogP contribution in [0.4, 0.5) is 17.3 Å². The molecule has 3 rings (SSSR count). The maximum absolute atomic E-state index is 12.5. The van der Waals surface area contributed by atoms with E-state index in [0.29, 0.717) is 85.5 Å². The number of rotatable bonds is 13. The number of benzene rings is 1. The Hall–Kier alpha value is -4.41. The Kier molecular flexibility index (Phi) is 19.0. The van der Waals surface area contributed by atoms with Crippen molar-refractivity contribution in [3.63, 3.8) is 0 Å². The van der Waals surface area contributed by atoms with Gasteiger partial charge in [0.15, 0.2) is 23.7 Å². The highest BCUT2D eigenvalue weighted by atomic mass is 16.5. The molecule has 1 saturated heterocycles. The Morgan fingerprint density at radius 2 is 1.89 bits per heavy atom. The van der Waals surface area contributed by atoms with Gasteiger partial charge in [-0.1, -0.05) is 12.1 Å². The number of anilines is 2. The number of nitrogens with one attached hydrogen (secondary N) is 3. The summed E-state index contributed by atoms with van der Waals surface area (Å²) in [6.07, 6.45) is 3.44. The number of hydrogen-bond acceptors (Lipinski definition) is 14. The van der Waals surface area contributed by atoms with Gasteiger partial charge >= 0.3 is 0 Å². The first-order valence-corrected chi connectivity index (χ1v) is 13.8. The van der Waals surface area contributed by atoms with Gasteiger partial charge in [-0.15, -0.1) is 0 Å². The van der Waals surface area contributed by atoms with Crippen LogP contribution in [-0.2, 0) is 9.53 Å². The van der Waals surface area contributed by atoms with Gasteiger partial charge in [0.05, 0.1) is 31.9 Å². The molecule has 0 bridgehead atoms. The van der Waals surface area contributed by atoms with E-state index in [4.69, 9.17) is 25.0 Å². The third kappa shape index (κ3) is 12.4. The van der Waals surface area contributed by atoms with Crippen LogP contribution in [0, 0.1) is 0 Å². The van der Waals surface area contributed by atoms with Crippen LogP contribution < -0.4 is 25.9 Å². The molecule has 15 heteroatoms. The third-order valence-corrected chi connectivity index (χ3v) is 5.64. The van der Waals surface area contributed by atoms with E-state index >= 15 is 0 Å². The van der Waals surface area contributed by atoms with Gasteiger partial charge in [-0.3, -0.25) is 24.6 Å². The van der Waals surface area contributed by atoms with Crippen LogP contribution in [0.3, 0.4) is 0 Å². The maximum Gasteiger partial charge on any atom is 0.251 e. The fourth-order valence-corrected chi connectivity index (χ4v) is 3.72. The van der Waals surface area contributed by atoms with Crippen molar-refractivity contribution in [1.82, 2.24) is 26.1 Å². The van der Waals surface area contributed by atoms with E-state index in [2.05, 4.69) is 43.9 Å². The quantitative estimate of drug-likeness (QED) is 0.0929. The van der Waals surface area contributed by atoms with E-state index in [9.17, 15) is 9.59 Å². The summed E-state index contributed by atoms with van der Waals surface area (Å²) >= 11 is 0. The zero-order valence-electron chi connectivity index (χ0n) is 25.9. The molecule has 0 aliphatic carbocycles. The Morgan fingerprint density at radius 1 is 1.20 bits per heavy atom. The minimum Gasteiger partial charge on any atom is -0.395 e. The van der Waals surface area contributed by atoms with Gasteiger partial charge in [0, 0.05) is 63.8 Å². The van der Waals surface area contributed by atoms with Gasteiger partial charge in [0.25, 0.3) is 5.91 Å². The second-order valence-electron chi connectivity index (χ2n) is 8.97. The first kappa shape index (κ1) is 37.6. The van der Waals surface area contributed by atoms with Crippen LogP contribution in [0.2, 0.25) is 0 Å². The monoisotopic (exact) mass is 612 g/mol. The molecule has 1 amide bonds. The van der Waals surface area contributed by atoms with Gasteiger partial charge in [0.1, 0.15) is 5.69 Å². The molecule has 0 saturated carbocycles. The minimum atomic E-state index is -0.302. The molecular formula is C29H44N10O5. The van der Waals surface area contributed by atoms with Gasteiger partial charge in [-0.2, -0.15) is 0 Å². The minimum absolute atomic E-state index is 0.148. The van der Waals surface area contributed by atoms with Crippen LogP contribution >= 0.6 is 0 Å². The molecule has 0 spiro atoms. The normalized spacial score (nSPS) is 12.8. The van der Waals surface area contributed by atoms with Crippen molar-refractivity contribution in [2.24, 2.45) is 15.0 Å². The Labute approximate surface area is 258 Å². The van der Waals surface area contributed by atoms with E-state index < -0.39 is 0 Å². The summed E-state index contributed by atoms with van der Waals surface area (Å²) in [7, 11) is 7.04. The molecule has 1 fully saturated rings. The number of aromatic nitrogens is 2. The Bertz CT molecular complexity index is 1250. The zero-order chi connectivity index (χ0) is 32.7. The lowest BCUT2D eigenvalue weighted by atomic mass is 10.1. The number of hydrogen-bond donors (Lipinski definition) is 5. The number of aliphatic hydroxyl groups excluding tert-OH is 1. The van der Waals surface area contributed by atoms with E-state index in [-0.39, 0.29) is 19.1 Å². The van der Waals surface area contributed by atoms with Crippen LogP contribution in [0.25, 0.3) is 11.4 Å². The Balaban J connectivity index is 0.00000149. The smallest absolute Gasteiger partial charge is 0.251 e. The van der Waals surface area contributed by atoms with Crippen LogP contribution in [0.5, 0.6) is 0 Å². The summed E-state index contributed by atoms with van der Waals surface area (Å²) in [5, 5.41) is 21.7. The molecule has 240 valence electrons. The number of likely N-dealkylation sites (N-methyl/N-ethyl adjacent to an activating group) is 1. The lowest BCUT2D eigenvalue weighted by molar-refractivity contribution is -0.104. The van der Waals surface area contributed by atoms with Gasteiger partial charge in [0.2, 0.25) is 0 Å². The van der Waals surface area contributed by atoms with Gasteiger partial charge < -0.3 is 35.5 Å². The molecule has 0 atom stereocenters. The number of morpholine rings is 1. The largest absolute Gasteiger partial charge is 0.395 e. The van der Waals surface area contributed by atoms with Crippen molar-refractivity contribution in [2.45, 2.75) is 0 Å². The molecule has 2 heterocycles. The van der Waals surface area contributed by atoms with Crippen molar-refractivity contribution >= 4 is 49.2 Å². The number of carbonyl (C=O) groups excluding carboxylic acids is 2. The number of carbonyl (C=O) groups is 2. The first-order chi connectivity index (χ1) is 21.3. The van der Waals surface area contributed by atoms with Crippen molar-refractivity contribution in [3.8, 4) is 11.4 Å². The number of aliphatic hydroxyl groups is 1. The standard InChI is InChI=1S/C26H32N8O4.C2H7N.CH5NO/c1-27-16-19(18-36)17-29-7-9-33(3)24-22(28-2)25(34-10-13-38-14-11-34)32-23(31-24)20-5-4-6-21(15-20)26(37)30-8-12-35;1-3-2;1-2-3/h4-6,15-18,35H,1-2,7-14H2,3H3,(H,30,37);3H,1-2H3;2-3H,1H3/b19-16+,29-17?;;. The molecule has 44 heavy (non-hydrogen) atoms. The fraction of sp³-hybridized carbons (Fsp3) is 0.414. The second kappa shape index (κ2) is 22.2. The number of amides is 1. The van der Waals surface area contributed by atoms with Gasteiger partial charge in [-0.25, -0.2) is 15.4 Å². The third-order valence-electron chi connectivity index (χ3n) is 5.64. The van der Waals surface area contributed by atoms with Crippen molar-refractivity contribution in [3.05, 3.63) is 41.6 Å². The highest BCUT2D eigenvalue weighted by Crippen LogP contribution is 2.37. The number of aldehydes is 1. The SMILES string of the molecule is C=N/C=C(/C=O)C=NCCN(C)c1nc(-c2cccc(C(=O)NCCO)c2)nc(N2CCOCC2)c1N=C.CNC.CNO. The summed E-state index contributed by atoms with van der Waals surface area (Å²) in [6.45, 7) is 10.3. The predicted octanol–water partition coefficient (Wildman–Crippen LogP) is 0.755.